The van der Waals surface area contributed by atoms with Gasteiger partial charge >= 0.3 is 11.9 Å². The van der Waals surface area contributed by atoms with E-state index < -0.39 is 11.0 Å². The molecule has 5 heteroatoms. The van der Waals surface area contributed by atoms with E-state index in [4.69, 9.17) is 9.47 Å². The molecule has 0 heterocycles. The maximum absolute atomic E-state index is 11.2. The first-order chi connectivity index (χ1) is 11.0. The molecule has 0 bridgehead atoms. The Morgan fingerprint density at radius 2 is 1.83 bits per heavy atom. The number of carbonyl (C=O) groups is 2. The van der Waals surface area contributed by atoms with Crippen molar-refractivity contribution >= 4 is 11.9 Å². The molecule has 0 aliphatic heterocycles. The molecule has 0 spiro atoms. The fourth-order valence-electron chi connectivity index (χ4n) is 3.39. The number of carbonyl (C=O) groups excluding carboxylic acids is 2. The molecule has 24 heavy (non-hydrogen) atoms. The van der Waals surface area contributed by atoms with Gasteiger partial charge in [0.2, 0.25) is 0 Å². The van der Waals surface area contributed by atoms with Crippen LogP contribution in [0.3, 0.4) is 0 Å². The van der Waals surface area contributed by atoms with Crippen molar-refractivity contribution in [3.05, 3.63) is 23.8 Å². The molecule has 136 valence electrons. The van der Waals surface area contributed by atoms with Crippen LogP contribution in [0.1, 0.15) is 54.4 Å². The number of allylic oxidation sites excluding steroid dienone is 2. The lowest BCUT2D eigenvalue weighted by Gasteiger charge is -2.51. The van der Waals surface area contributed by atoms with Crippen LogP contribution in [0.15, 0.2) is 23.8 Å². The van der Waals surface area contributed by atoms with E-state index in [1.807, 2.05) is 39.8 Å². The molecule has 1 aliphatic rings. The van der Waals surface area contributed by atoms with Crippen molar-refractivity contribution in [3.8, 4) is 0 Å². The smallest absolute Gasteiger partial charge is 0.302 e. The Hall–Kier alpha value is -1.62. The quantitative estimate of drug-likeness (QED) is 0.616. The summed E-state index contributed by atoms with van der Waals surface area (Å²) in [4.78, 5) is 22.0. The van der Waals surface area contributed by atoms with Crippen molar-refractivity contribution in [2.45, 2.75) is 66.1 Å². The zero-order valence-corrected chi connectivity index (χ0v) is 15.6. The molecule has 0 amide bonds. The van der Waals surface area contributed by atoms with E-state index in [9.17, 15) is 14.7 Å². The van der Waals surface area contributed by atoms with E-state index in [0.717, 1.165) is 5.57 Å². The van der Waals surface area contributed by atoms with Gasteiger partial charge in [0.1, 0.15) is 12.7 Å². The van der Waals surface area contributed by atoms with E-state index in [2.05, 4.69) is 0 Å². The van der Waals surface area contributed by atoms with Crippen LogP contribution in [-0.2, 0) is 19.1 Å². The molecule has 1 fully saturated rings. The molecular weight excluding hydrogens is 308 g/mol. The molecule has 0 aromatic heterocycles. The molecule has 1 N–H and O–H groups in total. The highest BCUT2D eigenvalue weighted by Crippen LogP contribution is 2.48. The summed E-state index contributed by atoms with van der Waals surface area (Å²) in [6, 6.07) is 0. The minimum Gasteiger partial charge on any atom is -0.463 e. The number of hydrogen-bond donors (Lipinski definition) is 1. The Labute approximate surface area is 144 Å². The molecule has 1 saturated carbocycles. The standard InChI is InChI=1S/C19H30O5/c1-13(8-10-23-15(3)20)7-9-19(22)14(2)11-17(24-16(4)21)12-18(19,5)6/h7-9,14,17,22H,10-12H2,1-6H3. The molecule has 3 atom stereocenters. The average molecular weight is 338 g/mol. The topological polar surface area (TPSA) is 72.8 Å². The molecule has 5 nitrogen and oxygen atoms in total. The third-order valence-corrected chi connectivity index (χ3v) is 4.81. The molecule has 0 saturated heterocycles. The van der Waals surface area contributed by atoms with Gasteiger partial charge in [-0.15, -0.1) is 0 Å². The number of rotatable bonds is 5. The van der Waals surface area contributed by atoms with E-state index in [-0.39, 0.29) is 30.6 Å². The Morgan fingerprint density at radius 3 is 2.33 bits per heavy atom. The van der Waals surface area contributed by atoms with E-state index in [1.54, 1.807) is 6.08 Å². The minimum absolute atomic E-state index is 0.0527. The van der Waals surface area contributed by atoms with Gasteiger partial charge in [-0.3, -0.25) is 9.59 Å². The van der Waals surface area contributed by atoms with Crippen LogP contribution < -0.4 is 0 Å². The Kier molecular flexibility index (Phi) is 6.78. The SMILES string of the molecule is CC(=O)OCC=C(C)C=CC1(O)C(C)CC(OC(C)=O)CC1(C)C. The van der Waals surface area contributed by atoms with Gasteiger partial charge < -0.3 is 14.6 Å². The van der Waals surface area contributed by atoms with Crippen LogP contribution >= 0.6 is 0 Å². The second kappa shape index (κ2) is 7.97. The largest absolute Gasteiger partial charge is 0.463 e. The summed E-state index contributed by atoms with van der Waals surface area (Å²) in [7, 11) is 0. The van der Waals surface area contributed by atoms with Gasteiger partial charge in [0.15, 0.2) is 0 Å². The maximum atomic E-state index is 11.2. The van der Waals surface area contributed by atoms with Gasteiger partial charge in [-0.05, 0) is 31.8 Å². The zero-order chi connectivity index (χ0) is 18.5. The van der Waals surface area contributed by atoms with Gasteiger partial charge in [0, 0.05) is 19.3 Å². The normalized spacial score (nSPS) is 30.2. The van der Waals surface area contributed by atoms with Crippen molar-refractivity contribution < 1.29 is 24.2 Å². The van der Waals surface area contributed by atoms with Crippen LogP contribution in [0.25, 0.3) is 0 Å². The van der Waals surface area contributed by atoms with Crippen LogP contribution in [-0.4, -0.2) is 35.4 Å². The molecule has 1 rings (SSSR count). The third-order valence-electron chi connectivity index (χ3n) is 4.81. The fraction of sp³-hybridized carbons (Fsp3) is 0.684. The van der Waals surface area contributed by atoms with Crippen molar-refractivity contribution in [3.63, 3.8) is 0 Å². The van der Waals surface area contributed by atoms with Crippen LogP contribution in [0.5, 0.6) is 0 Å². The first-order valence-electron chi connectivity index (χ1n) is 8.37. The van der Waals surface area contributed by atoms with Crippen LogP contribution in [0, 0.1) is 11.3 Å². The molecule has 1 aliphatic carbocycles. The highest BCUT2D eigenvalue weighted by molar-refractivity contribution is 5.66. The van der Waals surface area contributed by atoms with Gasteiger partial charge in [0.05, 0.1) is 5.60 Å². The summed E-state index contributed by atoms with van der Waals surface area (Å²) in [6.07, 6.45) is 6.54. The summed E-state index contributed by atoms with van der Waals surface area (Å²) in [5, 5.41) is 11.2. The fourth-order valence-corrected chi connectivity index (χ4v) is 3.39. The lowest BCUT2D eigenvalue weighted by Crippen LogP contribution is -2.55. The van der Waals surface area contributed by atoms with Gasteiger partial charge in [-0.2, -0.15) is 0 Å². The van der Waals surface area contributed by atoms with Crippen molar-refractivity contribution in [2.24, 2.45) is 11.3 Å². The predicted molar refractivity (Wildman–Crippen MR) is 92.2 cm³/mol. The van der Waals surface area contributed by atoms with Crippen LogP contribution in [0.4, 0.5) is 0 Å². The maximum Gasteiger partial charge on any atom is 0.302 e. The Bertz CT molecular complexity index is 532. The third kappa shape index (κ3) is 5.20. The van der Waals surface area contributed by atoms with Gasteiger partial charge in [0.25, 0.3) is 0 Å². The van der Waals surface area contributed by atoms with Crippen molar-refractivity contribution in [1.82, 2.24) is 0 Å². The number of hydrogen-bond acceptors (Lipinski definition) is 5. The highest BCUT2D eigenvalue weighted by Gasteiger charge is 2.51. The Morgan fingerprint density at radius 1 is 1.21 bits per heavy atom. The van der Waals surface area contributed by atoms with E-state index >= 15 is 0 Å². The van der Waals surface area contributed by atoms with E-state index in [1.165, 1.54) is 13.8 Å². The molecule has 0 radical (unpaired) electrons. The number of ether oxygens (including phenoxy) is 2. The van der Waals surface area contributed by atoms with Crippen molar-refractivity contribution in [1.29, 1.82) is 0 Å². The first kappa shape index (κ1) is 20.4. The summed E-state index contributed by atoms with van der Waals surface area (Å²) < 4.78 is 10.2. The average Bonchev–Trinajstić information content (AvgIpc) is 2.41. The summed E-state index contributed by atoms with van der Waals surface area (Å²) in [5.41, 5.74) is -0.521. The van der Waals surface area contributed by atoms with Crippen molar-refractivity contribution in [2.75, 3.05) is 6.61 Å². The molecule has 3 unspecified atom stereocenters. The first-order valence-corrected chi connectivity index (χ1v) is 8.37. The second-order valence-electron chi connectivity index (χ2n) is 7.37. The summed E-state index contributed by atoms with van der Waals surface area (Å²) >= 11 is 0. The summed E-state index contributed by atoms with van der Waals surface area (Å²) in [6.45, 7) is 10.8. The molecule has 0 aromatic rings. The van der Waals surface area contributed by atoms with Gasteiger partial charge in [-0.1, -0.05) is 38.5 Å². The zero-order valence-electron chi connectivity index (χ0n) is 15.6. The lowest BCUT2D eigenvalue weighted by atomic mass is 9.59. The number of aliphatic hydroxyl groups is 1. The monoisotopic (exact) mass is 338 g/mol. The second-order valence-corrected chi connectivity index (χ2v) is 7.37. The Balaban J connectivity index is 2.86. The lowest BCUT2D eigenvalue weighted by molar-refractivity contribution is -0.166. The summed E-state index contributed by atoms with van der Waals surface area (Å²) in [5.74, 6) is -0.656. The predicted octanol–water partition coefficient (Wildman–Crippen LogP) is 3.17. The molecular formula is C19H30O5. The van der Waals surface area contributed by atoms with E-state index in [0.29, 0.717) is 12.8 Å². The molecule has 0 aromatic carbocycles. The van der Waals surface area contributed by atoms with Gasteiger partial charge in [-0.25, -0.2) is 0 Å². The highest BCUT2D eigenvalue weighted by atomic mass is 16.5. The number of esters is 2. The minimum atomic E-state index is -1.000. The van der Waals surface area contributed by atoms with Crippen LogP contribution in [0.2, 0.25) is 0 Å².